The number of benzene rings is 1. The molecule has 0 amide bonds. The van der Waals surface area contributed by atoms with Crippen molar-refractivity contribution < 1.29 is 0 Å². The molecule has 16 heavy (non-hydrogen) atoms. The maximum Gasteiger partial charge on any atom is 0.147 e. The van der Waals surface area contributed by atoms with E-state index in [9.17, 15) is 0 Å². The first kappa shape index (κ1) is 13.1. The van der Waals surface area contributed by atoms with Gasteiger partial charge >= 0.3 is 0 Å². The highest BCUT2D eigenvalue weighted by Gasteiger charge is 2.24. The molecule has 0 unspecified atom stereocenters. The number of rotatable bonds is 5. The predicted molar refractivity (Wildman–Crippen MR) is 77.0 cm³/mol. The first-order valence-corrected chi connectivity index (χ1v) is 9.56. The lowest BCUT2D eigenvalue weighted by Crippen LogP contribution is -2.46. The van der Waals surface area contributed by atoms with Gasteiger partial charge in [0.25, 0.3) is 0 Å². The van der Waals surface area contributed by atoms with Crippen LogP contribution in [0.2, 0.25) is 19.6 Å². The molecule has 0 bridgehead atoms. The zero-order chi connectivity index (χ0) is 12.2. The Morgan fingerprint density at radius 2 is 1.75 bits per heavy atom. The average molecular weight is 236 g/mol. The number of hydrogen-bond acceptors (Lipinski definition) is 2. The fourth-order valence-corrected chi connectivity index (χ4v) is 3.92. The van der Waals surface area contributed by atoms with Crippen LogP contribution in [0.3, 0.4) is 0 Å². The summed E-state index contributed by atoms with van der Waals surface area (Å²) < 4.78 is 2.56. The summed E-state index contributed by atoms with van der Waals surface area (Å²) in [4.78, 5) is 0. The molecule has 0 aliphatic rings. The van der Waals surface area contributed by atoms with Gasteiger partial charge in [-0.2, -0.15) is 0 Å². The summed E-state index contributed by atoms with van der Waals surface area (Å²) in [5.74, 6) is 0. The van der Waals surface area contributed by atoms with Crippen LogP contribution >= 0.6 is 0 Å². The molecule has 0 atom stereocenters. The van der Waals surface area contributed by atoms with Crippen LogP contribution in [0.25, 0.3) is 0 Å². The van der Waals surface area contributed by atoms with E-state index in [2.05, 4.69) is 67.6 Å². The molecule has 0 saturated carbocycles. The van der Waals surface area contributed by atoms with Crippen LogP contribution < -0.4 is 9.88 Å². The van der Waals surface area contributed by atoms with Crippen molar-refractivity contribution in [1.29, 1.82) is 0 Å². The lowest BCUT2D eigenvalue weighted by molar-refractivity contribution is 1.05. The molecule has 3 heteroatoms. The lowest BCUT2D eigenvalue weighted by Gasteiger charge is -2.36. The van der Waals surface area contributed by atoms with Crippen molar-refractivity contribution in [2.24, 2.45) is 0 Å². The zero-order valence-electron chi connectivity index (χ0n) is 11.2. The molecular weight excluding hydrogens is 212 g/mol. The Bertz CT molecular complexity index is 331. The largest absolute Gasteiger partial charge is 0.397 e. The minimum absolute atomic E-state index is 0.972. The van der Waals surface area contributed by atoms with Gasteiger partial charge in [-0.05, 0) is 26.0 Å². The summed E-state index contributed by atoms with van der Waals surface area (Å²) in [5, 5.41) is 3.44. The van der Waals surface area contributed by atoms with E-state index in [1.165, 1.54) is 11.4 Å². The highest BCUT2D eigenvalue weighted by molar-refractivity contribution is 6.79. The summed E-state index contributed by atoms with van der Waals surface area (Å²) in [6.45, 7) is 13.6. The molecule has 0 heterocycles. The number of hydrogen-bond donors (Lipinski definition) is 1. The average Bonchev–Trinajstić information content (AvgIpc) is 2.20. The second-order valence-electron chi connectivity index (χ2n) is 4.96. The number of nitrogens with one attached hydrogen (secondary N) is 1. The molecule has 0 aliphatic carbocycles. The van der Waals surface area contributed by atoms with Crippen LogP contribution in [0.1, 0.15) is 13.8 Å². The summed E-state index contributed by atoms with van der Waals surface area (Å²) in [5.41, 5.74) is 2.61. The van der Waals surface area contributed by atoms with Gasteiger partial charge in [-0.3, -0.25) is 0 Å². The van der Waals surface area contributed by atoms with Gasteiger partial charge in [0.1, 0.15) is 8.24 Å². The quantitative estimate of drug-likeness (QED) is 0.783. The van der Waals surface area contributed by atoms with Crippen molar-refractivity contribution >= 4 is 19.6 Å². The van der Waals surface area contributed by atoms with Crippen molar-refractivity contribution in [3.8, 4) is 0 Å². The Labute approximate surface area is 101 Å². The Morgan fingerprint density at radius 1 is 1.12 bits per heavy atom. The molecule has 0 radical (unpaired) electrons. The maximum atomic E-state index is 3.44. The van der Waals surface area contributed by atoms with E-state index < -0.39 is 8.24 Å². The second-order valence-corrected chi connectivity index (χ2v) is 9.84. The van der Waals surface area contributed by atoms with E-state index in [4.69, 9.17) is 0 Å². The van der Waals surface area contributed by atoms with Crippen LogP contribution in [0.15, 0.2) is 24.3 Å². The highest BCUT2D eigenvalue weighted by Crippen LogP contribution is 2.29. The van der Waals surface area contributed by atoms with Gasteiger partial charge in [-0.1, -0.05) is 31.8 Å². The van der Waals surface area contributed by atoms with Gasteiger partial charge in [-0.25, -0.2) is 0 Å². The molecule has 0 saturated heterocycles. The van der Waals surface area contributed by atoms with Crippen LogP contribution in [0, 0.1) is 0 Å². The van der Waals surface area contributed by atoms with Crippen LogP contribution in [-0.4, -0.2) is 21.3 Å². The smallest absolute Gasteiger partial charge is 0.147 e. The third-order valence-corrected chi connectivity index (χ3v) is 4.86. The lowest BCUT2D eigenvalue weighted by atomic mass is 10.2. The van der Waals surface area contributed by atoms with Crippen molar-refractivity contribution in [3.05, 3.63) is 24.3 Å². The number of nitrogens with zero attached hydrogens (tertiary/aromatic N) is 1. The summed E-state index contributed by atoms with van der Waals surface area (Å²) in [6, 6.07) is 8.61. The molecule has 1 N–H and O–H groups in total. The Kier molecular flexibility index (Phi) is 4.41. The molecular formula is C13H24N2Si. The van der Waals surface area contributed by atoms with Crippen molar-refractivity contribution in [1.82, 2.24) is 0 Å². The first-order chi connectivity index (χ1) is 7.50. The van der Waals surface area contributed by atoms with E-state index in [1.54, 1.807) is 0 Å². The molecule has 0 spiro atoms. The minimum Gasteiger partial charge on any atom is -0.397 e. The van der Waals surface area contributed by atoms with E-state index in [0.717, 1.165) is 13.1 Å². The normalized spacial score (nSPS) is 11.3. The third kappa shape index (κ3) is 3.01. The molecule has 1 rings (SSSR count). The van der Waals surface area contributed by atoms with Gasteiger partial charge in [0, 0.05) is 13.1 Å². The molecule has 0 aromatic heterocycles. The topological polar surface area (TPSA) is 15.3 Å². The van der Waals surface area contributed by atoms with Crippen LogP contribution in [0.4, 0.5) is 11.4 Å². The minimum atomic E-state index is -1.29. The van der Waals surface area contributed by atoms with Crippen molar-refractivity contribution in [2.75, 3.05) is 23.0 Å². The number of para-hydroxylation sites is 2. The molecule has 0 aliphatic heterocycles. The van der Waals surface area contributed by atoms with Gasteiger partial charge < -0.3 is 9.88 Å². The molecule has 90 valence electrons. The monoisotopic (exact) mass is 236 g/mol. The van der Waals surface area contributed by atoms with Crippen LogP contribution in [0.5, 0.6) is 0 Å². The first-order valence-electron chi connectivity index (χ1n) is 6.11. The maximum absolute atomic E-state index is 3.44. The predicted octanol–water partition coefficient (Wildman–Crippen LogP) is 3.78. The standard InChI is InChI=1S/C13H24N2Si/c1-6-14-12-10-8-9-11-13(12)15(7-2)16(3,4)5/h8-11,14H,6-7H2,1-5H3. The molecule has 1 aromatic carbocycles. The molecule has 1 aromatic rings. The van der Waals surface area contributed by atoms with Crippen molar-refractivity contribution in [3.63, 3.8) is 0 Å². The molecule has 0 fully saturated rings. The third-order valence-electron chi connectivity index (χ3n) is 2.69. The zero-order valence-corrected chi connectivity index (χ0v) is 12.2. The van der Waals surface area contributed by atoms with E-state index in [0.29, 0.717) is 0 Å². The van der Waals surface area contributed by atoms with Gasteiger partial charge in [0.2, 0.25) is 0 Å². The summed E-state index contributed by atoms with van der Waals surface area (Å²) >= 11 is 0. The number of anilines is 2. The van der Waals surface area contributed by atoms with Crippen LogP contribution in [-0.2, 0) is 0 Å². The SMILES string of the molecule is CCNc1ccccc1N(CC)[Si](C)(C)C. The fraction of sp³-hybridized carbons (Fsp3) is 0.538. The second kappa shape index (κ2) is 5.39. The summed E-state index contributed by atoms with van der Waals surface area (Å²) in [7, 11) is -1.29. The van der Waals surface area contributed by atoms with E-state index in [1.807, 2.05) is 0 Å². The highest BCUT2D eigenvalue weighted by atomic mass is 28.3. The van der Waals surface area contributed by atoms with E-state index >= 15 is 0 Å². The Morgan fingerprint density at radius 3 is 2.25 bits per heavy atom. The van der Waals surface area contributed by atoms with Gasteiger partial charge in [0.05, 0.1) is 11.4 Å². The fourth-order valence-electron chi connectivity index (χ4n) is 2.05. The molecule has 2 nitrogen and oxygen atoms in total. The summed E-state index contributed by atoms with van der Waals surface area (Å²) in [6.07, 6.45) is 0. The van der Waals surface area contributed by atoms with Gasteiger partial charge in [-0.15, -0.1) is 0 Å². The Balaban J connectivity index is 3.09. The Hall–Kier alpha value is -0.963. The van der Waals surface area contributed by atoms with Crippen molar-refractivity contribution in [2.45, 2.75) is 33.5 Å². The van der Waals surface area contributed by atoms with E-state index in [-0.39, 0.29) is 0 Å². The van der Waals surface area contributed by atoms with Gasteiger partial charge in [0.15, 0.2) is 0 Å².